The summed E-state index contributed by atoms with van der Waals surface area (Å²) in [5, 5.41) is 23.1. The number of aromatic amines is 2. The highest BCUT2D eigenvalue weighted by Crippen LogP contribution is 2.28. The average molecular weight is 585 g/mol. The molecule has 0 saturated heterocycles. The molecular formula is C33H36N4O6. The minimum Gasteiger partial charge on any atom is -0.481 e. The Morgan fingerprint density at radius 2 is 1.49 bits per heavy atom. The van der Waals surface area contributed by atoms with Gasteiger partial charge in [0.2, 0.25) is 0 Å². The lowest BCUT2D eigenvalue weighted by Crippen LogP contribution is -2.15. The van der Waals surface area contributed by atoms with E-state index in [-0.39, 0.29) is 37.5 Å². The van der Waals surface area contributed by atoms with Crippen molar-refractivity contribution in [1.29, 1.82) is 0 Å². The fourth-order valence-electron chi connectivity index (χ4n) is 5.57. The normalized spacial score (nSPS) is 17.0. The molecule has 0 aliphatic carbocycles. The molecule has 4 rings (SSSR count). The fourth-order valence-corrected chi connectivity index (χ4v) is 5.57. The third-order valence-corrected chi connectivity index (χ3v) is 8.10. The van der Waals surface area contributed by atoms with Crippen molar-refractivity contribution < 1.29 is 29.4 Å². The first-order chi connectivity index (χ1) is 20.4. The first-order valence-corrected chi connectivity index (χ1v) is 14.1. The van der Waals surface area contributed by atoms with E-state index in [0.29, 0.717) is 50.9 Å². The van der Waals surface area contributed by atoms with E-state index in [1.165, 1.54) is 6.08 Å². The van der Waals surface area contributed by atoms with E-state index < -0.39 is 11.9 Å². The summed E-state index contributed by atoms with van der Waals surface area (Å²) in [6.45, 7) is 13.1. The lowest BCUT2D eigenvalue weighted by molar-refractivity contribution is -0.138. The van der Waals surface area contributed by atoms with E-state index in [9.17, 15) is 29.4 Å². The van der Waals surface area contributed by atoms with Crippen LogP contribution in [-0.4, -0.2) is 49.6 Å². The molecule has 0 atom stereocenters. The maximum absolute atomic E-state index is 12.3. The number of rotatable bonds is 11. The summed E-state index contributed by atoms with van der Waals surface area (Å²) < 4.78 is 0. The first kappa shape index (κ1) is 31.0. The Morgan fingerprint density at radius 1 is 0.837 bits per heavy atom. The number of amides is 2. The van der Waals surface area contributed by atoms with E-state index in [0.717, 1.165) is 33.5 Å². The van der Waals surface area contributed by atoms with Crippen LogP contribution in [0.25, 0.3) is 18.2 Å². The highest BCUT2D eigenvalue weighted by molar-refractivity contribution is 6.31. The standard InChI is InChI=1S/C33H36N4O6/c1-7-20-19(6)32(42)37-27(20)14-25-18(5)23(10-12-31(40)41)29(35-25)15-28-22(9-11-30(38)39)17(4)24(34-28)13-26-16(3)21(8-2)33(43)36-26/h8,13-15,34-35H,2,7,9-12H2,1,3-6H3,(H,37,42)(H,38,39)(H,40,41)/b24-13-,27-14-,28-15-. The number of H-pyrrole nitrogens is 2. The van der Waals surface area contributed by atoms with Gasteiger partial charge in [0.25, 0.3) is 11.8 Å². The van der Waals surface area contributed by atoms with Crippen LogP contribution in [0.15, 0.2) is 45.6 Å². The van der Waals surface area contributed by atoms with Crippen molar-refractivity contribution in [2.45, 2.75) is 66.7 Å². The molecular weight excluding hydrogens is 548 g/mol. The summed E-state index contributed by atoms with van der Waals surface area (Å²) in [4.78, 5) is 58.5. The van der Waals surface area contributed by atoms with Crippen molar-refractivity contribution in [3.05, 3.63) is 85.0 Å². The summed E-state index contributed by atoms with van der Waals surface area (Å²) in [5.74, 6) is -2.36. The molecule has 2 amide bonds. The zero-order valence-corrected chi connectivity index (χ0v) is 25.0. The molecule has 10 heteroatoms. The number of nitrogens with zero attached hydrogens (tertiary/aromatic N) is 1. The number of carbonyl (C=O) groups is 4. The van der Waals surface area contributed by atoms with E-state index in [1.54, 1.807) is 19.9 Å². The SMILES string of the molecule is C=CC1=C(C)C(/C=c2\[nH]/c(=C\c3[nH]c(/C=C4\NC(=O)C(C)=C4CC)c(C)c3CCC(=O)O)c(CCC(=O)O)c2C)=NC1=O. The molecule has 0 spiro atoms. The molecule has 0 fully saturated rings. The van der Waals surface area contributed by atoms with Crippen LogP contribution in [0.4, 0.5) is 0 Å². The second-order valence-electron chi connectivity index (χ2n) is 10.7. The molecule has 0 unspecified atom stereocenters. The lowest BCUT2D eigenvalue weighted by Gasteiger charge is -2.04. The van der Waals surface area contributed by atoms with Crippen molar-refractivity contribution in [1.82, 2.24) is 15.3 Å². The predicted molar refractivity (Wildman–Crippen MR) is 165 cm³/mol. The van der Waals surface area contributed by atoms with Gasteiger partial charge >= 0.3 is 11.9 Å². The van der Waals surface area contributed by atoms with Gasteiger partial charge in [-0.2, -0.15) is 0 Å². The van der Waals surface area contributed by atoms with E-state index in [2.05, 4.69) is 26.9 Å². The van der Waals surface area contributed by atoms with Crippen LogP contribution in [0, 0.1) is 13.8 Å². The number of hydrogen-bond donors (Lipinski definition) is 5. The van der Waals surface area contributed by atoms with Gasteiger partial charge in [0.1, 0.15) is 0 Å². The smallest absolute Gasteiger partial charge is 0.303 e. The van der Waals surface area contributed by atoms with Gasteiger partial charge in [-0.3, -0.25) is 19.2 Å². The van der Waals surface area contributed by atoms with Gasteiger partial charge in [-0.05, 0) is 98.6 Å². The van der Waals surface area contributed by atoms with Gasteiger partial charge in [-0.1, -0.05) is 19.6 Å². The number of carbonyl (C=O) groups excluding carboxylic acids is 2. The average Bonchev–Trinajstić information content (AvgIpc) is 3.59. The number of aliphatic carboxylic acids is 2. The summed E-state index contributed by atoms with van der Waals surface area (Å²) in [6, 6.07) is 0. The van der Waals surface area contributed by atoms with Gasteiger partial charge in [-0.15, -0.1) is 0 Å². The fraction of sp³-hybridized carbons (Fsp3) is 0.303. The van der Waals surface area contributed by atoms with E-state index in [4.69, 9.17) is 0 Å². The van der Waals surface area contributed by atoms with Gasteiger partial charge < -0.3 is 25.5 Å². The van der Waals surface area contributed by atoms with Gasteiger partial charge in [-0.25, -0.2) is 4.99 Å². The van der Waals surface area contributed by atoms with Crippen molar-refractivity contribution in [2.75, 3.05) is 0 Å². The molecule has 4 heterocycles. The third kappa shape index (κ3) is 6.28. The number of aliphatic imine (C=N–C) groups is 1. The van der Waals surface area contributed by atoms with E-state index >= 15 is 0 Å². The summed E-state index contributed by atoms with van der Waals surface area (Å²) in [7, 11) is 0. The molecule has 0 bridgehead atoms. The van der Waals surface area contributed by atoms with Crippen molar-refractivity contribution in [2.24, 2.45) is 4.99 Å². The second kappa shape index (κ2) is 12.5. The molecule has 2 aliphatic rings. The maximum Gasteiger partial charge on any atom is 0.303 e. The number of aromatic nitrogens is 2. The first-order valence-electron chi connectivity index (χ1n) is 14.1. The van der Waals surface area contributed by atoms with Gasteiger partial charge in [0.05, 0.1) is 5.71 Å². The van der Waals surface area contributed by atoms with Crippen LogP contribution in [0.5, 0.6) is 0 Å². The van der Waals surface area contributed by atoms with Crippen molar-refractivity contribution in [3.63, 3.8) is 0 Å². The minimum absolute atomic E-state index is 0.0781. The largest absolute Gasteiger partial charge is 0.481 e. The van der Waals surface area contributed by atoms with Gasteiger partial charge in [0.15, 0.2) is 0 Å². The van der Waals surface area contributed by atoms with Crippen LogP contribution in [0.2, 0.25) is 0 Å². The maximum atomic E-state index is 12.3. The Balaban J connectivity index is 1.91. The predicted octanol–water partition coefficient (Wildman–Crippen LogP) is 3.28. The molecule has 0 saturated carbocycles. The van der Waals surface area contributed by atoms with Crippen LogP contribution in [0.1, 0.15) is 73.7 Å². The Bertz CT molecular complexity index is 1820. The zero-order chi connectivity index (χ0) is 31.6. The van der Waals surface area contributed by atoms with Crippen molar-refractivity contribution >= 4 is 47.7 Å². The molecule has 0 aromatic carbocycles. The second-order valence-corrected chi connectivity index (χ2v) is 10.7. The van der Waals surface area contributed by atoms with Crippen LogP contribution >= 0.6 is 0 Å². The monoisotopic (exact) mass is 584 g/mol. The Morgan fingerprint density at radius 3 is 2.07 bits per heavy atom. The number of allylic oxidation sites excluding steroid dienone is 2. The lowest BCUT2D eigenvalue weighted by atomic mass is 10.0. The summed E-state index contributed by atoms with van der Waals surface area (Å²) >= 11 is 0. The summed E-state index contributed by atoms with van der Waals surface area (Å²) in [5.41, 5.74) is 8.62. The topological polar surface area (TPSA) is 165 Å². The molecule has 224 valence electrons. The Hall–Kier alpha value is -4.99. The minimum atomic E-state index is -0.933. The molecule has 2 aromatic rings. The van der Waals surface area contributed by atoms with Gasteiger partial charge in [0, 0.05) is 51.8 Å². The molecule has 0 radical (unpaired) electrons. The molecule has 10 nitrogen and oxygen atoms in total. The zero-order valence-electron chi connectivity index (χ0n) is 25.0. The van der Waals surface area contributed by atoms with Crippen LogP contribution in [0.3, 0.4) is 0 Å². The van der Waals surface area contributed by atoms with Crippen LogP contribution in [-0.2, 0) is 32.0 Å². The Kier molecular flexibility index (Phi) is 8.99. The molecule has 2 aliphatic heterocycles. The van der Waals surface area contributed by atoms with Crippen LogP contribution < -0.4 is 16.0 Å². The third-order valence-electron chi connectivity index (χ3n) is 8.10. The Labute approximate surface area is 249 Å². The number of carboxylic acids is 2. The summed E-state index contributed by atoms with van der Waals surface area (Å²) in [6.07, 6.45) is 8.02. The quantitative estimate of drug-likeness (QED) is 0.272. The van der Waals surface area contributed by atoms with E-state index in [1.807, 2.05) is 32.9 Å². The molecule has 43 heavy (non-hydrogen) atoms. The number of hydrogen-bond acceptors (Lipinski definition) is 4. The highest BCUT2D eigenvalue weighted by Gasteiger charge is 2.24. The number of carboxylic acid groups (broad SMARTS) is 2. The molecule has 5 N–H and O–H groups in total. The molecule has 2 aromatic heterocycles. The van der Waals surface area contributed by atoms with Crippen molar-refractivity contribution in [3.8, 4) is 0 Å². The number of nitrogens with one attached hydrogen (secondary N) is 3. The highest BCUT2D eigenvalue weighted by atomic mass is 16.4.